The van der Waals surface area contributed by atoms with Crippen molar-refractivity contribution in [2.45, 2.75) is 77.9 Å². The molecule has 3 heteroatoms. The minimum Gasteiger partial charge on any atom is -0.325 e. The van der Waals surface area contributed by atoms with Gasteiger partial charge in [-0.1, -0.05) is 33.6 Å². The van der Waals surface area contributed by atoms with Gasteiger partial charge in [0.15, 0.2) is 0 Å². The van der Waals surface area contributed by atoms with Gasteiger partial charge in [-0.2, -0.15) is 0 Å². The number of nitrogens with one attached hydrogen (secondary N) is 1. The van der Waals surface area contributed by atoms with Crippen molar-refractivity contribution < 1.29 is 4.79 Å². The van der Waals surface area contributed by atoms with Crippen molar-refractivity contribution in [3.05, 3.63) is 0 Å². The fraction of sp³-hybridized carbons (Fsp3) is 0.941. The number of amides is 1. The minimum atomic E-state index is -0.327. The van der Waals surface area contributed by atoms with Crippen LogP contribution in [-0.4, -0.2) is 29.1 Å². The second kappa shape index (κ2) is 4.72. The van der Waals surface area contributed by atoms with Gasteiger partial charge in [-0.05, 0) is 49.9 Å². The molecule has 2 aliphatic carbocycles. The van der Waals surface area contributed by atoms with Crippen LogP contribution >= 0.6 is 0 Å². The van der Waals surface area contributed by atoms with Crippen molar-refractivity contribution >= 4 is 5.91 Å². The molecule has 1 amide bonds. The molecule has 3 unspecified atom stereocenters. The molecular formula is C17H30N2O. The molecule has 3 nitrogen and oxygen atoms in total. The number of rotatable bonds is 4. The Morgan fingerprint density at radius 1 is 1.25 bits per heavy atom. The minimum absolute atomic E-state index is 0.298. The van der Waals surface area contributed by atoms with E-state index >= 15 is 0 Å². The molecule has 2 saturated carbocycles. The fourth-order valence-corrected chi connectivity index (χ4v) is 4.13. The number of hydrogen-bond donors (Lipinski definition) is 1. The largest absolute Gasteiger partial charge is 0.325 e. The van der Waals surface area contributed by atoms with E-state index in [4.69, 9.17) is 0 Å². The molecule has 0 aromatic rings. The highest BCUT2D eigenvalue weighted by atomic mass is 16.2. The summed E-state index contributed by atoms with van der Waals surface area (Å²) in [5.74, 6) is 1.73. The van der Waals surface area contributed by atoms with Gasteiger partial charge in [-0.25, -0.2) is 0 Å². The van der Waals surface area contributed by atoms with Gasteiger partial charge in [0.25, 0.3) is 0 Å². The summed E-state index contributed by atoms with van der Waals surface area (Å²) in [4.78, 5) is 15.1. The van der Waals surface area contributed by atoms with Crippen molar-refractivity contribution in [1.29, 1.82) is 0 Å². The predicted molar refractivity (Wildman–Crippen MR) is 81.2 cm³/mol. The van der Waals surface area contributed by atoms with Crippen LogP contribution < -0.4 is 5.32 Å². The van der Waals surface area contributed by atoms with Gasteiger partial charge in [0.05, 0.1) is 11.7 Å². The molecule has 1 heterocycles. The highest BCUT2D eigenvalue weighted by Crippen LogP contribution is 2.52. The van der Waals surface area contributed by atoms with E-state index in [0.29, 0.717) is 29.3 Å². The Bertz CT molecular complexity index is 400. The fourth-order valence-electron chi connectivity index (χ4n) is 4.13. The van der Waals surface area contributed by atoms with E-state index in [9.17, 15) is 4.79 Å². The summed E-state index contributed by atoms with van der Waals surface area (Å²) in [6.07, 6.45) is 7.71. The molecule has 1 aliphatic heterocycles. The zero-order chi connectivity index (χ0) is 14.5. The van der Waals surface area contributed by atoms with Crippen LogP contribution in [0.1, 0.15) is 66.2 Å². The Hall–Kier alpha value is -0.570. The molecule has 0 aromatic heterocycles. The summed E-state index contributed by atoms with van der Waals surface area (Å²) in [5, 5.41) is 3.70. The second-order valence-corrected chi connectivity index (χ2v) is 8.17. The van der Waals surface area contributed by atoms with Crippen molar-refractivity contribution in [3.63, 3.8) is 0 Å². The summed E-state index contributed by atoms with van der Waals surface area (Å²) in [7, 11) is 0. The van der Waals surface area contributed by atoms with Gasteiger partial charge in [0.1, 0.15) is 0 Å². The van der Waals surface area contributed by atoms with E-state index < -0.39 is 0 Å². The summed E-state index contributed by atoms with van der Waals surface area (Å²) >= 11 is 0. The number of nitrogens with zero attached hydrogens (tertiary/aromatic N) is 1. The average molecular weight is 278 g/mol. The van der Waals surface area contributed by atoms with Crippen LogP contribution in [0.2, 0.25) is 0 Å². The molecule has 0 radical (unpaired) electrons. The topological polar surface area (TPSA) is 32.3 Å². The van der Waals surface area contributed by atoms with Gasteiger partial charge < -0.3 is 4.90 Å². The van der Waals surface area contributed by atoms with Crippen molar-refractivity contribution in [2.24, 2.45) is 17.3 Å². The molecule has 3 aliphatic rings. The van der Waals surface area contributed by atoms with Crippen molar-refractivity contribution in [1.82, 2.24) is 10.2 Å². The maximum absolute atomic E-state index is 12.9. The van der Waals surface area contributed by atoms with Crippen LogP contribution in [0.15, 0.2) is 0 Å². The molecule has 114 valence electrons. The van der Waals surface area contributed by atoms with Gasteiger partial charge in [0, 0.05) is 6.54 Å². The normalized spacial score (nSPS) is 40.6. The molecule has 0 bridgehead atoms. The Morgan fingerprint density at radius 3 is 2.35 bits per heavy atom. The Kier molecular flexibility index (Phi) is 3.39. The SMILES string of the molecule is CCC1(C)NC(C2CCCC2)N(CC2CC2(C)C)C1=O. The standard InChI is InChI=1S/C17H30N2O/c1-5-17(4)15(20)19(11-13-10-16(13,2)3)14(18-17)12-8-6-7-9-12/h12-14,18H,5-11H2,1-4H3. The van der Waals surface area contributed by atoms with Crippen molar-refractivity contribution in [3.8, 4) is 0 Å². The molecule has 3 rings (SSSR count). The molecular weight excluding hydrogens is 248 g/mol. The van der Waals surface area contributed by atoms with E-state index in [1.807, 2.05) is 0 Å². The maximum atomic E-state index is 12.9. The third-order valence-corrected chi connectivity index (χ3v) is 6.22. The average Bonchev–Trinajstić information content (AvgIpc) is 2.82. The first kappa shape index (κ1) is 14.4. The van der Waals surface area contributed by atoms with E-state index in [0.717, 1.165) is 13.0 Å². The van der Waals surface area contributed by atoms with Gasteiger partial charge >= 0.3 is 0 Å². The Morgan fingerprint density at radius 2 is 1.85 bits per heavy atom. The van der Waals surface area contributed by atoms with Crippen LogP contribution in [0.3, 0.4) is 0 Å². The zero-order valence-corrected chi connectivity index (χ0v) is 13.5. The quantitative estimate of drug-likeness (QED) is 0.857. The Balaban J connectivity index is 1.77. The first-order valence-corrected chi connectivity index (χ1v) is 8.46. The third kappa shape index (κ3) is 2.28. The first-order valence-electron chi connectivity index (χ1n) is 8.46. The van der Waals surface area contributed by atoms with Crippen LogP contribution in [0, 0.1) is 17.3 Å². The molecule has 1 N–H and O–H groups in total. The molecule has 3 fully saturated rings. The molecule has 1 saturated heterocycles. The van der Waals surface area contributed by atoms with Crippen LogP contribution in [0.4, 0.5) is 0 Å². The monoisotopic (exact) mass is 278 g/mol. The smallest absolute Gasteiger partial charge is 0.243 e. The van der Waals surface area contributed by atoms with Crippen LogP contribution in [0.5, 0.6) is 0 Å². The maximum Gasteiger partial charge on any atom is 0.243 e. The predicted octanol–water partition coefficient (Wildman–Crippen LogP) is 3.15. The van der Waals surface area contributed by atoms with E-state index in [1.165, 1.54) is 32.1 Å². The van der Waals surface area contributed by atoms with Gasteiger partial charge in [0.2, 0.25) is 5.91 Å². The Labute approximate surface area is 123 Å². The molecule has 0 aromatic carbocycles. The lowest BCUT2D eigenvalue weighted by molar-refractivity contribution is -0.133. The lowest BCUT2D eigenvalue weighted by Gasteiger charge is -2.29. The zero-order valence-electron chi connectivity index (χ0n) is 13.5. The summed E-state index contributed by atoms with van der Waals surface area (Å²) in [5.41, 5.74) is 0.123. The number of carbonyl (C=O) groups excluding carboxylic acids is 1. The lowest BCUT2D eigenvalue weighted by atomic mass is 9.99. The van der Waals surface area contributed by atoms with Crippen molar-refractivity contribution in [2.75, 3.05) is 6.54 Å². The summed E-state index contributed by atoms with van der Waals surface area (Å²) in [6.45, 7) is 9.84. The lowest BCUT2D eigenvalue weighted by Crippen LogP contribution is -2.45. The molecule has 0 spiro atoms. The second-order valence-electron chi connectivity index (χ2n) is 8.17. The highest BCUT2D eigenvalue weighted by molar-refractivity contribution is 5.88. The van der Waals surface area contributed by atoms with Crippen LogP contribution in [0.25, 0.3) is 0 Å². The third-order valence-electron chi connectivity index (χ3n) is 6.22. The number of hydrogen-bond acceptors (Lipinski definition) is 2. The first-order chi connectivity index (χ1) is 9.37. The summed E-state index contributed by atoms with van der Waals surface area (Å²) < 4.78 is 0. The van der Waals surface area contributed by atoms with E-state index in [1.54, 1.807) is 0 Å². The van der Waals surface area contributed by atoms with E-state index in [2.05, 4.69) is 37.9 Å². The molecule has 20 heavy (non-hydrogen) atoms. The highest BCUT2D eigenvalue weighted by Gasteiger charge is 2.53. The molecule has 3 atom stereocenters. The number of carbonyl (C=O) groups is 1. The van der Waals surface area contributed by atoms with E-state index in [-0.39, 0.29) is 5.54 Å². The van der Waals surface area contributed by atoms with Crippen LogP contribution in [-0.2, 0) is 4.79 Å². The van der Waals surface area contributed by atoms with Gasteiger partial charge in [-0.15, -0.1) is 0 Å². The van der Waals surface area contributed by atoms with Gasteiger partial charge in [-0.3, -0.25) is 10.1 Å². The summed E-state index contributed by atoms with van der Waals surface area (Å²) in [6, 6.07) is 0.